The molecule has 1 N–H and O–H groups in total. The van der Waals surface area contributed by atoms with E-state index < -0.39 is 8.03 Å². The van der Waals surface area contributed by atoms with Crippen molar-refractivity contribution in [2.45, 2.75) is 38.5 Å². The molecule has 0 radical (unpaired) electrons. The summed E-state index contributed by atoms with van der Waals surface area (Å²) in [5.74, 6) is 0. The molecular formula is C8H17BrO2P+. The number of alkyl halides is 1. The fraction of sp³-hybridized carbons (Fsp3) is 1.00. The molecule has 0 amide bonds. The number of hydrogen-bond acceptors (Lipinski definition) is 1. The maximum atomic E-state index is 10.3. The number of unbranched alkanes of at least 4 members (excludes halogenated alkanes) is 5. The fourth-order valence-electron chi connectivity index (χ4n) is 1.05. The molecule has 4 heteroatoms. The molecule has 1 unspecified atom stereocenters. The van der Waals surface area contributed by atoms with Crippen molar-refractivity contribution in [2.75, 3.05) is 11.5 Å². The van der Waals surface area contributed by atoms with Crippen LogP contribution in [0.25, 0.3) is 0 Å². The van der Waals surface area contributed by atoms with Gasteiger partial charge in [-0.25, -0.2) is 0 Å². The Morgan fingerprint density at radius 1 is 1.00 bits per heavy atom. The van der Waals surface area contributed by atoms with Crippen LogP contribution in [-0.4, -0.2) is 16.4 Å². The number of hydrogen-bond donors (Lipinski definition) is 1. The molecule has 0 aromatic carbocycles. The maximum Gasteiger partial charge on any atom is 0.505 e. The van der Waals surface area contributed by atoms with Crippen LogP contribution in [-0.2, 0) is 4.57 Å². The predicted octanol–water partition coefficient (Wildman–Crippen LogP) is 3.46. The van der Waals surface area contributed by atoms with Crippen molar-refractivity contribution in [2.24, 2.45) is 0 Å². The van der Waals surface area contributed by atoms with Crippen molar-refractivity contribution in [3.8, 4) is 0 Å². The first kappa shape index (κ1) is 12.5. The van der Waals surface area contributed by atoms with Crippen LogP contribution in [0.2, 0.25) is 0 Å². The molecule has 0 heterocycles. The third kappa shape index (κ3) is 10.5. The molecule has 0 fully saturated rings. The molecule has 0 aliphatic carbocycles. The van der Waals surface area contributed by atoms with Crippen molar-refractivity contribution >= 4 is 24.0 Å². The van der Waals surface area contributed by atoms with E-state index in [0.717, 1.165) is 18.2 Å². The first-order valence-corrected chi connectivity index (χ1v) is 6.99. The van der Waals surface area contributed by atoms with Crippen LogP contribution < -0.4 is 0 Å². The van der Waals surface area contributed by atoms with E-state index in [1.54, 1.807) is 0 Å². The predicted molar refractivity (Wildman–Crippen MR) is 56.2 cm³/mol. The lowest BCUT2D eigenvalue weighted by atomic mass is 10.1. The second-order valence-electron chi connectivity index (χ2n) is 2.89. The highest BCUT2D eigenvalue weighted by molar-refractivity contribution is 9.09. The Morgan fingerprint density at radius 2 is 1.50 bits per heavy atom. The van der Waals surface area contributed by atoms with Gasteiger partial charge < -0.3 is 0 Å². The van der Waals surface area contributed by atoms with Gasteiger partial charge in [0.2, 0.25) is 0 Å². The summed E-state index contributed by atoms with van der Waals surface area (Å²) in [5, 5.41) is 1.09. The van der Waals surface area contributed by atoms with E-state index in [-0.39, 0.29) is 0 Å². The number of rotatable bonds is 8. The molecule has 2 nitrogen and oxygen atoms in total. The van der Waals surface area contributed by atoms with Crippen LogP contribution in [0.5, 0.6) is 0 Å². The average molecular weight is 256 g/mol. The molecular weight excluding hydrogens is 239 g/mol. The van der Waals surface area contributed by atoms with E-state index >= 15 is 0 Å². The summed E-state index contributed by atoms with van der Waals surface area (Å²) in [4.78, 5) is 8.50. The first-order chi connectivity index (χ1) is 5.77. The van der Waals surface area contributed by atoms with Gasteiger partial charge in [-0.3, -0.25) is 0 Å². The molecule has 0 aliphatic rings. The molecule has 0 saturated heterocycles. The van der Waals surface area contributed by atoms with Crippen molar-refractivity contribution in [1.82, 2.24) is 0 Å². The lowest BCUT2D eigenvalue weighted by molar-refractivity contribution is 0.498. The maximum absolute atomic E-state index is 10.3. The van der Waals surface area contributed by atoms with Gasteiger partial charge in [0.05, 0.1) is 0 Å². The minimum Gasteiger partial charge on any atom is -0.161 e. The Labute approximate surface area is 83.7 Å². The Hall–Kier alpha value is 0.540. The van der Waals surface area contributed by atoms with Crippen LogP contribution in [0.1, 0.15) is 38.5 Å². The summed E-state index contributed by atoms with van der Waals surface area (Å²) >= 11 is 3.38. The summed E-state index contributed by atoms with van der Waals surface area (Å²) in [6.07, 6.45) is 7.46. The third-order valence-corrected chi connectivity index (χ3v) is 2.99. The topological polar surface area (TPSA) is 37.3 Å². The summed E-state index contributed by atoms with van der Waals surface area (Å²) in [6, 6.07) is 0. The highest BCUT2D eigenvalue weighted by Gasteiger charge is 2.07. The van der Waals surface area contributed by atoms with Gasteiger partial charge in [0.25, 0.3) is 0 Å². The molecule has 0 aromatic heterocycles. The van der Waals surface area contributed by atoms with Gasteiger partial charge in [-0.05, 0) is 23.8 Å². The zero-order chi connectivity index (χ0) is 9.23. The second kappa shape index (κ2) is 9.63. The Morgan fingerprint density at radius 3 is 2.00 bits per heavy atom. The van der Waals surface area contributed by atoms with Gasteiger partial charge in [-0.2, -0.15) is 4.89 Å². The van der Waals surface area contributed by atoms with Gasteiger partial charge in [0.15, 0.2) is 6.16 Å². The summed E-state index contributed by atoms with van der Waals surface area (Å²) < 4.78 is 10.3. The Kier molecular flexibility index (Phi) is 10.1. The number of halogens is 1. The smallest absolute Gasteiger partial charge is 0.161 e. The highest BCUT2D eigenvalue weighted by Crippen LogP contribution is 2.16. The van der Waals surface area contributed by atoms with Crippen LogP contribution in [0.3, 0.4) is 0 Å². The van der Waals surface area contributed by atoms with Gasteiger partial charge in [0, 0.05) is 5.33 Å². The summed E-state index contributed by atoms with van der Waals surface area (Å²) in [6.45, 7) is 0. The molecule has 0 bridgehead atoms. The van der Waals surface area contributed by atoms with E-state index in [1.165, 1.54) is 25.7 Å². The normalized spacial score (nSPS) is 11.7. The molecule has 0 spiro atoms. The van der Waals surface area contributed by atoms with E-state index in [0.29, 0.717) is 6.16 Å². The van der Waals surface area contributed by atoms with Crippen molar-refractivity contribution in [3.63, 3.8) is 0 Å². The average Bonchev–Trinajstić information content (AvgIpc) is 2.02. The lowest BCUT2D eigenvalue weighted by Gasteiger charge is -1.96. The standard InChI is InChI=1S/C8H16BrO2P/c9-7-5-3-1-2-4-6-8-12(10)11/h1-8H2/p+1. The van der Waals surface area contributed by atoms with Crippen LogP contribution >= 0.6 is 24.0 Å². The van der Waals surface area contributed by atoms with Gasteiger partial charge in [0.1, 0.15) is 0 Å². The van der Waals surface area contributed by atoms with E-state index in [9.17, 15) is 4.57 Å². The van der Waals surface area contributed by atoms with Crippen molar-refractivity contribution < 1.29 is 9.46 Å². The largest absolute Gasteiger partial charge is 0.505 e. The zero-order valence-electron chi connectivity index (χ0n) is 7.34. The van der Waals surface area contributed by atoms with E-state index in [2.05, 4.69) is 15.9 Å². The van der Waals surface area contributed by atoms with Crippen LogP contribution in [0, 0.1) is 0 Å². The molecule has 0 rings (SSSR count). The van der Waals surface area contributed by atoms with Gasteiger partial charge in [-0.15, -0.1) is 0 Å². The van der Waals surface area contributed by atoms with Crippen molar-refractivity contribution in [3.05, 3.63) is 0 Å². The van der Waals surface area contributed by atoms with Crippen LogP contribution in [0.15, 0.2) is 0 Å². The second-order valence-corrected chi connectivity index (χ2v) is 4.83. The Balaban J connectivity index is 2.86. The van der Waals surface area contributed by atoms with Gasteiger partial charge >= 0.3 is 8.03 Å². The molecule has 72 valence electrons. The van der Waals surface area contributed by atoms with Gasteiger partial charge in [-0.1, -0.05) is 35.2 Å². The fourth-order valence-corrected chi connectivity index (χ4v) is 1.94. The minimum atomic E-state index is -1.89. The molecule has 0 aliphatic heterocycles. The summed E-state index contributed by atoms with van der Waals surface area (Å²) in [5.41, 5.74) is 0. The van der Waals surface area contributed by atoms with Crippen molar-refractivity contribution in [1.29, 1.82) is 0 Å². The molecule has 12 heavy (non-hydrogen) atoms. The zero-order valence-corrected chi connectivity index (χ0v) is 9.82. The molecule has 1 atom stereocenters. The van der Waals surface area contributed by atoms with Crippen LogP contribution in [0.4, 0.5) is 0 Å². The SMILES string of the molecule is O=[P+](O)CCCCCCCCBr. The minimum absolute atomic E-state index is 0.480. The Bertz CT molecular complexity index is 120. The lowest BCUT2D eigenvalue weighted by Crippen LogP contribution is -1.82. The first-order valence-electron chi connectivity index (χ1n) is 4.47. The summed E-state index contributed by atoms with van der Waals surface area (Å²) in [7, 11) is -1.89. The van der Waals surface area contributed by atoms with E-state index in [4.69, 9.17) is 4.89 Å². The molecule has 0 aromatic rings. The van der Waals surface area contributed by atoms with E-state index in [1.807, 2.05) is 0 Å². The molecule has 0 saturated carbocycles. The monoisotopic (exact) mass is 255 g/mol. The highest BCUT2D eigenvalue weighted by atomic mass is 79.9. The third-order valence-electron chi connectivity index (χ3n) is 1.73. The quantitative estimate of drug-likeness (QED) is 0.410.